The summed E-state index contributed by atoms with van der Waals surface area (Å²) in [6.07, 6.45) is 0. The summed E-state index contributed by atoms with van der Waals surface area (Å²) in [4.78, 5) is 0. The summed E-state index contributed by atoms with van der Waals surface area (Å²) in [5, 5.41) is 5.08. The summed E-state index contributed by atoms with van der Waals surface area (Å²) < 4.78 is 0. The molecule has 0 amide bonds. The van der Waals surface area contributed by atoms with Crippen LogP contribution in [-0.2, 0) is 5.41 Å². The topological polar surface area (TPSA) is 0 Å². The maximum atomic E-state index is 2.36. The van der Waals surface area contributed by atoms with Gasteiger partial charge in [0.2, 0.25) is 0 Å². The lowest BCUT2D eigenvalue weighted by atomic mass is 9.68. The summed E-state index contributed by atoms with van der Waals surface area (Å²) in [5.74, 6) is 0.0489. The molecule has 0 aromatic heterocycles. The Morgan fingerprint density at radius 2 is 0.571 bits per heavy atom. The Morgan fingerprint density at radius 3 is 1.13 bits per heavy atom. The van der Waals surface area contributed by atoms with Gasteiger partial charge in [-0.05, 0) is 127 Å². The van der Waals surface area contributed by atoms with Crippen molar-refractivity contribution in [2.45, 2.75) is 11.3 Å². The van der Waals surface area contributed by atoms with Crippen LogP contribution < -0.4 is 0 Å². The zero-order chi connectivity index (χ0) is 46.2. The third-order valence-corrected chi connectivity index (χ3v) is 15.5. The summed E-state index contributed by atoms with van der Waals surface area (Å²) in [6.45, 7) is 0. The van der Waals surface area contributed by atoms with Crippen molar-refractivity contribution in [3.63, 3.8) is 0 Å². The van der Waals surface area contributed by atoms with Gasteiger partial charge < -0.3 is 0 Å². The molecule has 14 rings (SSSR count). The third-order valence-electron chi connectivity index (χ3n) is 15.5. The fourth-order valence-electron chi connectivity index (χ4n) is 12.3. The number of fused-ring (bicyclic) bond motifs is 12. The second-order valence-electron chi connectivity index (χ2n) is 19.0. The predicted molar refractivity (Wildman–Crippen MR) is 293 cm³/mol. The molecule has 1 spiro atoms. The molecule has 70 heavy (non-hydrogen) atoms. The van der Waals surface area contributed by atoms with Crippen LogP contribution >= 0.6 is 0 Å². The van der Waals surface area contributed by atoms with Crippen molar-refractivity contribution in [3.05, 3.63) is 312 Å². The maximum absolute atomic E-state index is 2.36. The minimum atomic E-state index is -0.393. The third kappa shape index (κ3) is 6.17. The van der Waals surface area contributed by atoms with Crippen LogP contribution in [0.3, 0.4) is 0 Å². The number of hydrogen-bond acceptors (Lipinski definition) is 0. The van der Waals surface area contributed by atoms with Crippen LogP contribution in [0.2, 0.25) is 0 Å². The summed E-state index contributed by atoms with van der Waals surface area (Å²) in [5.41, 5.74) is 24.1. The molecule has 1 atom stereocenters. The van der Waals surface area contributed by atoms with Gasteiger partial charge in [-0.1, -0.05) is 273 Å². The van der Waals surface area contributed by atoms with Crippen molar-refractivity contribution in [1.29, 1.82) is 0 Å². The van der Waals surface area contributed by atoms with Crippen molar-refractivity contribution < 1.29 is 0 Å². The highest BCUT2D eigenvalue weighted by Gasteiger charge is 2.52. The highest BCUT2D eigenvalue weighted by atomic mass is 14.5. The van der Waals surface area contributed by atoms with Gasteiger partial charge in [0.1, 0.15) is 0 Å². The van der Waals surface area contributed by atoms with Crippen molar-refractivity contribution in [2.75, 3.05) is 0 Å². The molecule has 0 fully saturated rings. The van der Waals surface area contributed by atoms with Crippen LogP contribution in [0.15, 0.2) is 273 Å². The first-order chi connectivity index (χ1) is 34.7. The first kappa shape index (κ1) is 40.2. The lowest BCUT2D eigenvalue weighted by Gasteiger charge is -2.32. The number of rotatable bonds is 7. The van der Waals surface area contributed by atoms with E-state index in [4.69, 9.17) is 0 Å². The average molecular weight is 887 g/mol. The molecule has 0 bridgehead atoms. The zero-order valence-corrected chi connectivity index (χ0v) is 38.6. The lowest BCUT2D eigenvalue weighted by molar-refractivity contribution is 0.796. The maximum Gasteiger partial charge on any atom is 0.0731 e. The van der Waals surface area contributed by atoms with E-state index in [0.29, 0.717) is 0 Å². The van der Waals surface area contributed by atoms with E-state index in [1.165, 1.54) is 127 Å². The Kier molecular flexibility index (Phi) is 9.29. The zero-order valence-electron chi connectivity index (χ0n) is 38.6. The van der Waals surface area contributed by atoms with E-state index in [1.54, 1.807) is 0 Å². The monoisotopic (exact) mass is 886 g/mol. The molecule has 0 aliphatic heterocycles. The largest absolute Gasteiger partial charge is 0.0731 e. The molecule has 12 aromatic rings. The Morgan fingerprint density at radius 1 is 0.229 bits per heavy atom. The second kappa shape index (κ2) is 16.2. The molecule has 2 aliphatic carbocycles. The first-order valence-electron chi connectivity index (χ1n) is 24.5. The van der Waals surface area contributed by atoms with Crippen molar-refractivity contribution in [3.8, 4) is 66.8 Å². The Balaban J connectivity index is 0.807. The molecule has 0 heterocycles. The van der Waals surface area contributed by atoms with E-state index < -0.39 is 5.41 Å². The molecule has 2 aliphatic rings. The quantitative estimate of drug-likeness (QED) is 0.140. The van der Waals surface area contributed by atoms with Crippen LogP contribution in [-0.4, -0.2) is 0 Å². The molecule has 0 heteroatoms. The standard InChI is InChI=1S/C70H46/c1-3-18-56-50(14-1)16-11-23-57(56)52-38-30-46(31-39-52)48-34-42-54(43-35-48)68(63-25-12-17-51-15-2-4-19-58(51)63)55-44-36-49(37-45-55)47-32-40-53(41-33-47)59-24-13-26-64-62-22-7-10-29-67(62)70(69(59)64)65-27-8-5-20-60(65)61-21-6-9-28-66(61)70/h1-45,68H. The average Bonchev–Trinajstić information content (AvgIpc) is 3.91. The molecule has 0 N–H and O–H groups in total. The fraction of sp³-hybridized carbons (Fsp3) is 0.0286. The van der Waals surface area contributed by atoms with E-state index >= 15 is 0 Å². The number of hydrogen-bond donors (Lipinski definition) is 0. The van der Waals surface area contributed by atoms with Gasteiger partial charge in [-0.3, -0.25) is 0 Å². The summed E-state index contributed by atoms with van der Waals surface area (Å²) >= 11 is 0. The van der Waals surface area contributed by atoms with E-state index in [2.05, 4.69) is 273 Å². The minimum Gasteiger partial charge on any atom is -0.0619 e. The first-order valence-corrected chi connectivity index (χ1v) is 24.5. The molecule has 0 nitrogen and oxygen atoms in total. The van der Waals surface area contributed by atoms with Gasteiger partial charge in [0.15, 0.2) is 0 Å². The SMILES string of the molecule is c1ccc2c(c1)-c1ccccc1C21c2ccccc2-c2cccc(-c3ccc(-c4ccc(C(c5ccc(-c6ccc(-c7cccc8ccccc78)cc6)cc5)c5cccc6ccccc56)cc4)cc3)c21. The highest BCUT2D eigenvalue weighted by Crippen LogP contribution is 2.64. The normalized spacial score (nSPS) is 13.2. The van der Waals surface area contributed by atoms with E-state index in [0.717, 1.165) is 0 Å². The van der Waals surface area contributed by atoms with Crippen LogP contribution in [0, 0.1) is 0 Å². The molecule has 0 radical (unpaired) electrons. The predicted octanol–water partition coefficient (Wildman–Crippen LogP) is 18.2. The second-order valence-corrected chi connectivity index (χ2v) is 19.0. The summed E-state index contributed by atoms with van der Waals surface area (Å²) in [7, 11) is 0. The molecule has 12 aromatic carbocycles. The highest BCUT2D eigenvalue weighted by molar-refractivity contribution is 5.99. The van der Waals surface area contributed by atoms with Crippen LogP contribution in [0.1, 0.15) is 44.9 Å². The molecule has 0 saturated heterocycles. The van der Waals surface area contributed by atoms with Gasteiger partial charge >= 0.3 is 0 Å². The fourth-order valence-corrected chi connectivity index (χ4v) is 12.3. The van der Waals surface area contributed by atoms with E-state index in [1.807, 2.05) is 0 Å². The Bertz CT molecular complexity index is 3890. The van der Waals surface area contributed by atoms with Crippen LogP contribution in [0.25, 0.3) is 88.3 Å². The van der Waals surface area contributed by atoms with Crippen LogP contribution in [0.4, 0.5) is 0 Å². The van der Waals surface area contributed by atoms with Crippen molar-refractivity contribution in [1.82, 2.24) is 0 Å². The lowest BCUT2D eigenvalue weighted by Crippen LogP contribution is -2.26. The van der Waals surface area contributed by atoms with E-state index in [-0.39, 0.29) is 5.92 Å². The molecular weight excluding hydrogens is 841 g/mol. The van der Waals surface area contributed by atoms with Crippen molar-refractivity contribution in [2.24, 2.45) is 0 Å². The van der Waals surface area contributed by atoms with Gasteiger partial charge in [0, 0.05) is 5.92 Å². The molecular formula is C70H46. The Labute approximate surface area is 409 Å². The van der Waals surface area contributed by atoms with Gasteiger partial charge in [-0.25, -0.2) is 0 Å². The Hall–Kier alpha value is -8.84. The van der Waals surface area contributed by atoms with Gasteiger partial charge in [-0.2, -0.15) is 0 Å². The van der Waals surface area contributed by atoms with Gasteiger partial charge in [0.25, 0.3) is 0 Å². The van der Waals surface area contributed by atoms with Gasteiger partial charge in [-0.15, -0.1) is 0 Å². The molecule has 0 saturated carbocycles. The smallest absolute Gasteiger partial charge is 0.0619 e. The van der Waals surface area contributed by atoms with Gasteiger partial charge in [0.05, 0.1) is 5.41 Å². The van der Waals surface area contributed by atoms with E-state index in [9.17, 15) is 0 Å². The van der Waals surface area contributed by atoms with Crippen LogP contribution in [0.5, 0.6) is 0 Å². The van der Waals surface area contributed by atoms with Crippen molar-refractivity contribution >= 4 is 21.5 Å². The number of benzene rings is 12. The molecule has 326 valence electrons. The minimum absolute atomic E-state index is 0.0489. The molecule has 1 unspecified atom stereocenters. The summed E-state index contributed by atoms with van der Waals surface area (Å²) in [6, 6.07) is 102.